The predicted octanol–water partition coefficient (Wildman–Crippen LogP) is 3.42. The number of hydrogen-bond donors (Lipinski definition) is 0. The Bertz CT molecular complexity index is 436. The third-order valence-electron chi connectivity index (χ3n) is 3.92. The maximum atomic E-state index is 12.5. The predicted molar refractivity (Wildman–Crippen MR) is 81.0 cm³/mol. The number of amides is 1. The molecule has 20 heavy (non-hydrogen) atoms. The van der Waals surface area contributed by atoms with Crippen LogP contribution in [0.3, 0.4) is 0 Å². The van der Waals surface area contributed by atoms with Gasteiger partial charge in [-0.15, -0.1) is 0 Å². The van der Waals surface area contributed by atoms with E-state index in [4.69, 9.17) is 4.74 Å². The summed E-state index contributed by atoms with van der Waals surface area (Å²) in [6, 6.07) is 7.97. The number of rotatable bonds is 4. The second kappa shape index (κ2) is 7.32. The molecule has 1 amide bonds. The summed E-state index contributed by atoms with van der Waals surface area (Å²) in [5.74, 6) is 0.962. The normalized spacial score (nSPS) is 17.4. The molecule has 0 radical (unpaired) electrons. The molecule has 2 rings (SSSR count). The van der Waals surface area contributed by atoms with Gasteiger partial charge in [-0.05, 0) is 37.8 Å². The zero-order chi connectivity index (χ0) is 14.4. The quantitative estimate of drug-likeness (QED) is 0.842. The van der Waals surface area contributed by atoms with Crippen LogP contribution in [-0.2, 0) is 11.2 Å². The lowest BCUT2D eigenvalue weighted by atomic mass is 10.1. The van der Waals surface area contributed by atoms with Gasteiger partial charge in [0.05, 0.1) is 0 Å². The molecule has 0 saturated carbocycles. The Kier molecular flexibility index (Phi) is 5.45. The van der Waals surface area contributed by atoms with Crippen molar-refractivity contribution in [2.45, 2.75) is 52.1 Å². The van der Waals surface area contributed by atoms with E-state index in [1.807, 2.05) is 30.0 Å². The summed E-state index contributed by atoms with van der Waals surface area (Å²) in [4.78, 5) is 14.4. The standard InChI is InChI=1S/C17H25NO2/c1-3-15-10-6-7-11-16(15)20-14(2)17(19)18-12-8-4-5-9-13-18/h6-7,10-11,14H,3-5,8-9,12-13H2,1-2H3. The molecular formula is C17H25NO2. The van der Waals surface area contributed by atoms with Crippen LogP contribution in [0.1, 0.15) is 45.1 Å². The highest BCUT2D eigenvalue weighted by Crippen LogP contribution is 2.20. The maximum absolute atomic E-state index is 12.5. The maximum Gasteiger partial charge on any atom is 0.263 e. The van der Waals surface area contributed by atoms with Crippen molar-refractivity contribution in [3.05, 3.63) is 29.8 Å². The van der Waals surface area contributed by atoms with Crippen LogP contribution in [0.4, 0.5) is 0 Å². The van der Waals surface area contributed by atoms with Gasteiger partial charge in [0.1, 0.15) is 5.75 Å². The average molecular weight is 275 g/mol. The van der Waals surface area contributed by atoms with E-state index in [-0.39, 0.29) is 5.91 Å². The van der Waals surface area contributed by atoms with Crippen LogP contribution in [0.2, 0.25) is 0 Å². The van der Waals surface area contributed by atoms with Gasteiger partial charge in [0.2, 0.25) is 0 Å². The molecule has 0 N–H and O–H groups in total. The lowest BCUT2D eigenvalue weighted by molar-refractivity contribution is -0.137. The van der Waals surface area contributed by atoms with Gasteiger partial charge < -0.3 is 9.64 Å². The summed E-state index contributed by atoms with van der Waals surface area (Å²) in [7, 11) is 0. The molecule has 1 saturated heterocycles. The topological polar surface area (TPSA) is 29.5 Å². The van der Waals surface area contributed by atoms with Gasteiger partial charge in [0.15, 0.2) is 6.10 Å². The van der Waals surface area contributed by atoms with Crippen molar-refractivity contribution < 1.29 is 9.53 Å². The number of ether oxygens (including phenoxy) is 1. The first kappa shape index (κ1) is 14.9. The molecule has 1 atom stereocenters. The van der Waals surface area contributed by atoms with Gasteiger partial charge in [-0.3, -0.25) is 4.79 Å². The summed E-state index contributed by atoms with van der Waals surface area (Å²) in [6.45, 7) is 5.72. The molecular weight excluding hydrogens is 250 g/mol. The van der Waals surface area contributed by atoms with E-state index < -0.39 is 6.10 Å². The fraction of sp³-hybridized carbons (Fsp3) is 0.588. The van der Waals surface area contributed by atoms with Gasteiger partial charge >= 0.3 is 0 Å². The van der Waals surface area contributed by atoms with Crippen molar-refractivity contribution in [2.24, 2.45) is 0 Å². The van der Waals surface area contributed by atoms with Crippen molar-refractivity contribution in [1.82, 2.24) is 4.90 Å². The Morgan fingerprint density at radius 1 is 1.20 bits per heavy atom. The summed E-state index contributed by atoms with van der Waals surface area (Å²) >= 11 is 0. The van der Waals surface area contributed by atoms with E-state index in [1.165, 1.54) is 12.8 Å². The molecule has 110 valence electrons. The van der Waals surface area contributed by atoms with Gasteiger partial charge in [-0.2, -0.15) is 0 Å². The SMILES string of the molecule is CCc1ccccc1OC(C)C(=O)N1CCCCCC1. The zero-order valence-electron chi connectivity index (χ0n) is 12.6. The summed E-state index contributed by atoms with van der Waals surface area (Å²) < 4.78 is 5.90. The van der Waals surface area contributed by atoms with Gasteiger partial charge in [0.25, 0.3) is 5.91 Å². The van der Waals surface area contributed by atoms with Crippen LogP contribution in [0.15, 0.2) is 24.3 Å². The highest BCUT2D eigenvalue weighted by molar-refractivity contribution is 5.81. The molecule has 1 unspecified atom stereocenters. The van der Waals surface area contributed by atoms with Crippen LogP contribution in [0, 0.1) is 0 Å². The summed E-state index contributed by atoms with van der Waals surface area (Å²) in [6.07, 6.45) is 5.21. The molecule has 0 aliphatic carbocycles. The number of aryl methyl sites for hydroxylation is 1. The van der Waals surface area contributed by atoms with Crippen LogP contribution >= 0.6 is 0 Å². The average Bonchev–Trinajstić information content (AvgIpc) is 2.76. The Labute approximate surface area is 121 Å². The molecule has 1 fully saturated rings. The monoisotopic (exact) mass is 275 g/mol. The van der Waals surface area contributed by atoms with Crippen molar-refractivity contribution in [2.75, 3.05) is 13.1 Å². The van der Waals surface area contributed by atoms with E-state index in [0.29, 0.717) is 0 Å². The molecule has 3 nitrogen and oxygen atoms in total. The Morgan fingerprint density at radius 2 is 1.85 bits per heavy atom. The second-order valence-electron chi connectivity index (χ2n) is 5.46. The molecule has 1 aliphatic rings. The number of likely N-dealkylation sites (tertiary alicyclic amines) is 1. The number of nitrogens with zero attached hydrogens (tertiary/aromatic N) is 1. The van der Waals surface area contributed by atoms with Crippen molar-refractivity contribution >= 4 is 5.91 Å². The molecule has 0 spiro atoms. The Balaban J connectivity index is 1.99. The van der Waals surface area contributed by atoms with Crippen molar-refractivity contribution in [3.63, 3.8) is 0 Å². The number of carbonyl (C=O) groups excluding carboxylic acids is 1. The van der Waals surface area contributed by atoms with Gasteiger partial charge in [0, 0.05) is 13.1 Å². The third-order valence-corrected chi connectivity index (χ3v) is 3.92. The zero-order valence-corrected chi connectivity index (χ0v) is 12.6. The van der Waals surface area contributed by atoms with Gasteiger partial charge in [-0.1, -0.05) is 38.0 Å². The Morgan fingerprint density at radius 3 is 2.50 bits per heavy atom. The number of hydrogen-bond acceptors (Lipinski definition) is 2. The highest BCUT2D eigenvalue weighted by atomic mass is 16.5. The minimum absolute atomic E-state index is 0.123. The van der Waals surface area contributed by atoms with E-state index in [2.05, 4.69) is 13.0 Å². The van der Waals surface area contributed by atoms with Crippen LogP contribution in [0.25, 0.3) is 0 Å². The van der Waals surface area contributed by atoms with Crippen LogP contribution < -0.4 is 4.74 Å². The molecule has 3 heteroatoms. The fourth-order valence-corrected chi connectivity index (χ4v) is 2.70. The van der Waals surface area contributed by atoms with Crippen LogP contribution in [0.5, 0.6) is 5.75 Å². The lowest BCUT2D eigenvalue weighted by Gasteiger charge is -2.25. The summed E-state index contributed by atoms with van der Waals surface area (Å²) in [5, 5.41) is 0. The minimum atomic E-state index is -0.402. The minimum Gasteiger partial charge on any atom is -0.481 e. The fourth-order valence-electron chi connectivity index (χ4n) is 2.70. The van der Waals surface area contributed by atoms with E-state index in [1.54, 1.807) is 0 Å². The Hall–Kier alpha value is -1.51. The first-order valence-electron chi connectivity index (χ1n) is 7.75. The molecule has 1 aliphatic heterocycles. The highest BCUT2D eigenvalue weighted by Gasteiger charge is 2.23. The number of carbonyl (C=O) groups is 1. The lowest BCUT2D eigenvalue weighted by Crippen LogP contribution is -2.41. The molecule has 1 heterocycles. The summed E-state index contributed by atoms with van der Waals surface area (Å²) in [5.41, 5.74) is 1.16. The van der Waals surface area contributed by atoms with E-state index in [0.717, 1.165) is 43.7 Å². The first-order valence-corrected chi connectivity index (χ1v) is 7.75. The second-order valence-corrected chi connectivity index (χ2v) is 5.46. The van der Waals surface area contributed by atoms with E-state index in [9.17, 15) is 4.79 Å². The van der Waals surface area contributed by atoms with Crippen molar-refractivity contribution in [3.8, 4) is 5.75 Å². The number of para-hydroxylation sites is 1. The van der Waals surface area contributed by atoms with Crippen LogP contribution in [-0.4, -0.2) is 30.0 Å². The first-order chi connectivity index (χ1) is 9.72. The third kappa shape index (κ3) is 3.75. The van der Waals surface area contributed by atoms with E-state index >= 15 is 0 Å². The molecule has 1 aromatic carbocycles. The largest absolute Gasteiger partial charge is 0.481 e. The number of benzene rings is 1. The molecule has 1 aromatic rings. The smallest absolute Gasteiger partial charge is 0.263 e. The van der Waals surface area contributed by atoms with Gasteiger partial charge in [-0.25, -0.2) is 0 Å². The molecule has 0 bridgehead atoms. The van der Waals surface area contributed by atoms with Crippen molar-refractivity contribution in [1.29, 1.82) is 0 Å². The molecule has 0 aromatic heterocycles.